The molecule has 0 aliphatic rings. The number of aryl methyl sites for hydroxylation is 3. The second-order valence-corrected chi connectivity index (χ2v) is 7.59. The van der Waals surface area contributed by atoms with Crippen molar-refractivity contribution in [3.8, 4) is 11.3 Å². The molecule has 2 aromatic heterocycles. The van der Waals surface area contributed by atoms with Crippen LogP contribution in [0, 0.1) is 27.3 Å². The van der Waals surface area contributed by atoms with Crippen molar-refractivity contribution in [1.29, 1.82) is 0 Å². The third kappa shape index (κ3) is 3.85. The lowest BCUT2D eigenvalue weighted by atomic mass is 10.0. The molecule has 0 radical (unpaired) electrons. The summed E-state index contributed by atoms with van der Waals surface area (Å²) in [5.74, 6) is 0. The van der Waals surface area contributed by atoms with Crippen LogP contribution in [-0.4, -0.2) is 9.55 Å². The fraction of sp³-hybridized carbons (Fsp3) is 0.250. The molecule has 144 valence electrons. The number of halogens is 3. The average Bonchev–Trinajstić information content (AvgIpc) is 2.99. The standard InChI is InChI=1S/C20H16F3N3OS/c1-11-5-12(2)7-14(6-11)17-8-16(20(21,22)23)18(24-4)19(27)26(17)9-15-10-28-13(3)25-15/h5-8,10H,9H2,1-3H3. The van der Waals surface area contributed by atoms with Crippen LogP contribution < -0.4 is 5.56 Å². The monoisotopic (exact) mass is 403 g/mol. The molecule has 3 aromatic rings. The molecular weight excluding hydrogens is 387 g/mol. The van der Waals surface area contributed by atoms with E-state index < -0.39 is 23.0 Å². The van der Waals surface area contributed by atoms with Gasteiger partial charge in [0.05, 0.1) is 29.4 Å². The maximum atomic E-state index is 13.5. The number of benzene rings is 1. The maximum Gasteiger partial charge on any atom is 0.407 e. The second kappa shape index (κ2) is 7.24. The van der Waals surface area contributed by atoms with Crippen molar-refractivity contribution < 1.29 is 13.2 Å². The fourth-order valence-corrected chi connectivity index (χ4v) is 3.72. The molecule has 0 amide bonds. The highest BCUT2D eigenvalue weighted by atomic mass is 32.1. The van der Waals surface area contributed by atoms with Crippen LogP contribution >= 0.6 is 11.3 Å². The van der Waals surface area contributed by atoms with Crippen molar-refractivity contribution in [2.24, 2.45) is 0 Å². The molecule has 28 heavy (non-hydrogen) atoms. The third-order valence-electron chi connectivity index (χ3n) is 4.20. The Labute approximate surface area is 163 Å². The van der Waals surface area contributed by atoms with Gasteiger partial charge in [0, 0.05) is 11.1 Å². The predicted octanol–water partition coefficient (Wildman–Crippen LogP) is 5.51. The van der Waals surface area contributed by atoms with Crippen LogP contribution in [-0.2, 0) is 12.7 Å². The van der Waals surface area contributed by atoms with E-state index in [1.807, 2.05) is 19.9 Å². The summed E-state index contributed by atoms with van der Waals surface area (Å²) in [4.78, 5) is 20.1. The van der Waals surface area contributed by atoms with Gasteiger partial charge in [-0.25, -0.2) is 9.83 Å². The summed E-state index contributed by atoms with van der Waals surface area (Å²) in [5, 5.41) is 2.54. The number of pyridine rings is 1. The molecule has 4 nitrogen and oxygen atoms in total. The highest BCUT2D eigenvalue weighted by Gasteiger charge is 2.36. The number of hydrogen-bond acceptors (Lipinski definition) is 3. The van der Waals surface area contributed by atoms with Crippen molar-refractivity contribution in [2.45, 2.75) is 33.5 Å². The summed E-state index contributed by atoms with van der Waals surface area (Å²) < 4.78 is 41.8. The molecule has 0 aliphatic heterocycles. The van der Waals surface area contributed by atoms with E-state index in [1.54, 1.807) is 24.4 Å². The Morgan fingerprint density at radius 2 is 1.79 bits per heavy atom. The molecular formula is C20H16F3N3OS. The minimum atomic E-state index is -4.80. The van der Waals surface area contributed by atoms with Crippen molar-refractivity contribution in [3.05, 3.63) is 78.8 Å². The topological polar surface area (TPSA) is 39.2 Å². The largest absolute Gasteiger partial charge is 0.407 e. The first-order valence-corrected chi connectivity index (χ1v) is 9.20. The number of rotatable bonds is 3. The van der Waals surface area contributed by atoms with Crippen LogP contribution in [0.5, 0.6) is 0 Å². The van der Waals surface area contributed by atoms with Gasteiger partial charge in [-0.1, -0.05) is 17.2 Å². The zero-order valence-corrected chi connectivity index (χ0v) is 16.2. The van der Waals surface area contributed by atoms with E-state index in [-0.39, 0.29) is 12.2 Å². The Morgan fingerprint density at radius 1 is 1.14 bits per heavy atom. The lowest BCUT2D eigenvalue weighted by molar-refractivity contribution is -0.136. The van der Waals surface area contributed by atoms with E-state index in [0.717, 1.165) is 22.2 Å². The molecule has 0 bridgehead atoms. The Balaban J connectivity index is 2.35. The summed E-state index contributed by atoms with van der Waals surface area (Å²) >= 11 is 1.39. The van der Waals surface area contributed by atoms with Crippen molar-refractivity contribution in [3.63, 3.8) is 0 Å². The van der Waals surface area contributed by atoms with E-state index in [0.29, 0.717) is 11.3 Å². The number of aromatic nitrogens is 2. The number of hydrogen-bond donors (Lipinski definition) is 0. The first kappa shape index (κ1) is 19.8. The van der Waals surface area contributed by atoms with Crippen molar-refractivity contribution >= 4 is 17.0 Å². The maximum absolute atomic E-state index is 13.5. The summed E-state index contributed by atoms with van der Waals surface area (Å²) in [5.41, 5.74) is -0.219. The van der Waals surface area contributed by atoms with Gasteiger partial charge in [-0.2, -0.15) is 13.2 Å². The minimum Gasteiger partial charge on any atom is -0.311 e. The smallest absolute Gasteiger partial charge is 0.311 e. The SMILES string of the molecule is [C-]#[N+]c1c(C(F)(F)F)cc(-c2cc(C)cc(C)c2)n(Cc2csc(C)n2)c1=O. The summed E-state index contributed by atoms with van der Waals surface area (Å²) in [7, 11) is 0. The van der Waals surface area contributed by atoms with Crippen LogP contribution in [0.15, 0.2) is 34.4 Å². The van der Waals surface area contributed by atoms with Gasteiger partial charge in [0.15, 0.2) is 0 Å². The minimum absolute atomic E-state index is 0.00778. The van der Waals surface area contributed by atoms with Crippen molar-refractivity contribution in [2.75, 3.05) is 0 Å². The lowest BCUT2D eigenvalue weighted by Gasteiger charge is -2.18. The summed E-state index contributed by atoms with van der Waals surface area (Å²) in [6.45, 7) is 12.6. The van der Waals surface area contributed by atoms with Gasteiger partial charge in [-0.3, -0.25) is 4.79 Å². The Kier molecular flexibility index (Phi) is 5.13. The molecule has 1 aromatic carbocycles. The number of nitrogens with zero attached hydrogens (tertiary/aromatic N) is 3. The van der Waals surface area contributed by atoms with E-state index in [9.17, 15) is 18.0 Å². The molecule has 0 spiro atoms. The molecule has 0 saturated carbocycles. The summed E-state index contributed by atoms with van der Waals surface area (Å²) in [6, 6.07) is 6.24. The zero-order chi connectivity index (χ0) is 20.6. The molecule has 0 fully saturated rings. The van der Waals surface area contributed by atoms with E-state index in [4.69, 9.17) is 6.57 Å². The quantitative estimate of drug-likeness (QED) is 0.541. The second-order valence-electron chi connectivity index (χ2n) is 6.53. The first-order chi connectivity index (χ1) is 13.1. The Morgan fingerprint density at radius 3 is 2.29 bits per heavy atom. The van der Waals surface area contributed by atoms with E-state index in [2.05, 4.69) is 9.83 Å². The highest BCUT2D eigenvalue weighted by Crippen LogP contribution is 2.37. The lowest BCUT2D eigenvalue weighted by Crippen LogP contribution is -2.25. The molecule has 2 heterocycles. The average molecular weight is 403 g/mol. The molecule has 3 rings (SSSR count). The van der Waals surface area contributed by atoms with E-state index in [1.165, 1.54) is 15.9 Å². The fourth-order valence-electron chi connectivity index (χ4n) is 3.12. The van der Waals surface area contributed by atoms with E-state index >= 15 is 0 Å². The van der Waals surface area contributed by atoms with Gasteiger partial charge in [0.2, 0.25) is 0 Å². The zero-order valence-electron chi connectivity index (χ0n) is 15.4. The first-order valence-electron chi connectivity index (χ1n) is 8.32. The predicted molar refractivity (Wildman–Crippen MR) is 103 cm³/mol. The molecule has 0 aliphatic carbocycles. The Hall–Kier alpha value is -2.92. The normalized spacial score (nSPS) is 11.5. The third-order valence-corrected chi connectivity index (χ3v) is 5.02. The highest BCUT2D eigenvalue weighted by molar-refractivity contribution is 7.09. The van der Waals surface area contributed by atoms with Crippen LogP contribution in [0.2, 0.25) is 0 Å². The Bertz CT molecular complexity index is 1130. The van der Waals surface area contributed by atoms with Crippen molar-refractivity contribution in [1.82, 2.24) is 9.55 Å². The van der Waals surface area contributed by atoms with Gasteiger partial charge in [-0.05, 0) is 44.5 Å². The van der Waals surface area contributed by atoms with Crippen LogP contribution in [0.1, 0.15) is 27.4 Å². The van der Waals surface area contributed by atoms with Gasteiger partial charge in [0.25, 0.3) is 11.2 Å². The van der Waals surface area contributed by atoms with Gasteiger partial charge >= 0.3 is 6.18 Å². The van der Waals surface area contributed by atoms with Crippen LogP contribution in [0.4, 0.5) is 18.9 Å². The molecule has 0 unspecified atom stereocenters. The van der Waals surface area contributed by atoms with Crippen LogP contribution in [0.25, 0.3) is 16.1 Å². The number of thiazole rings is 1. The van der Waals surface area contributed by atoms with Gasteiger partial charge in [-0.15, -0.1) is 11.3 Å². The molecule has 8 heteroatoms. The number of alkyl halides is 3. The van der Waals surface area contributed by atoms with Gasteiger partial charge < -0.3 is 4.57 Å². The molecule has 0 atom stereocenters. The molecule has 0 saturated heterocycles. The molecule has 0 N–H and O–H groups in total. The summed E-state index contributed by atoms with van der Waals surface area (Å²) in [6.07, 6.45) is -4.80. The van der Waals surface area contributed by atoms with Crippen LogP contribution in [0.3, 0.4) is 0 Å². The van der Waals surface area contributed by atoms with Gasteiger partial charge in [0.1, 0.15) is 0 Å².